The number of phenolic OH excluding ortho intramolecular Hbond substituents is 1. The second-order valence-corrected chi connectivity index (χ2v) is 7.95. The molecular formula is C20H20F2O. The molecule has 0 heterocycles. The molecule has 2 fully saturated rings. The summed E-state index contributed by atoms with van der Waals surface area (Å²) in [6.45, 7) is 2.09. The van der Waals surface area contributed by atoms with Crippen LogP contribution in [0, 0.1) is 16.7 Å². The minimum absolute atomic E-state index is 0.00885. The summed E-state index contributed by atoms with van der Waals surface area (Å²) in [4.78, 5) is 0. The average Bonchev–Trinajstić information content (AvgIpc) is 3.17. The normalized spacial score (nSPS) is 37.0. The number of rotatable bonds is 0. The second kappa shape index (κ2) is 4.06. The van der Waals surface area contributed by atoms with Crippen molar-refractivity contribution in [3.05, 3.63) is 46.6 Å². The highest BCUT2D eigenvalue weighted by molar-refractivity contribution is 5.78. The van der Waals surface area contributed by atoms with Gasteiger partial charge in [0.1, 0.15) is 5.75 Å². The molecule has 4 aliphatic rings. The topological polar surface area (TPSA) is 20.2 Å². The Balaban J connectivity index is 1.70. The van der Waals surface area contributed by atoms with Crippen LogP contribution in [0.15, 0.2) is 35.4 Å². The Labute approximate surface area is 134 Å². The molecule has 0 radical (unpaired) electrons. The van der Waals surface area contributed by atoms with Gasteiger partial charge in [0.15, 0.2) is 0 Å². The third-order valence-electron chi connectivity index (χ3n) is 7.27. The summed E-state index contributed by atoms with van der Waals surface area (Å²) >= 11 is 0. The predicted molar refractivity (Wildman–Crippen MR) is 85.1 cm³/mol. The Morgan fingerprint density at radius 1 is 1.22 bits per heavy atom. The molecule has 3 atom stereocenters. The van der Waals surface area contributed by atoms with Gasteiger partial charge in [0, 0.05) is 16.4 Å². The van der Waals surface area contributed by atoms with Crippen LogP contribution in [0.4, 0.5) is 8.78 Å². The lowest BCUT2D eigenvalue weighted by atomic mass is 9.58. The molecule has 0 bridgehead atoms. The van der Waals surface area contributed by atoms with E-state index in [1.54, 1.807) is 6.07 Å². The van der Waals surface area contributed by atoms with Crippen molar-refractivity contribution in [2.45, 2.75) is 45.4 Å². The van der Waals surface area contributed by atoms with Crippen LogP contribution in [0.5, 0.6) is 5.75 Å². The van der Waals surface area contributed by atoms with E-state index in [0.717, 1.165) is 32.1 Å². The van der Waals surface area contributed by atoms with Gasteiger partial charge in [-0.3, -0.25) is 0 Å². The first-order valence-corrected chi connectivity index (χ1v) is 8.57. The number of hydrogen-bond acceptors (Lipinski definition) is 1. The molecule has 0 saturated heterocycles. The van der Waals surface area contributed by atoms with Crippen LogP contribution in [0.3, 0.4) is 0 Å². The van der Waals surface area contributed by atoms with E-state index in [1.165, 1.54) is 22.3 Å². The summed E-state index contributed by atoms with van der Waals surface area (Å²) in [5.74, 6) is 0.745. The van der Waals surface area contributed by atoms with E-state index < -0.39 is 6.08 Å². The van der Waals surface area contributed by atoms with Gasteiger partial charge >= 0.3 is 0 Å². The quantitative estimate of drug-likeness (QED) is 0.675. The highest BCUT2D eigenvalue weighted by atomic mass is 19.3. The van der Waals surface area contributed by atoms with Crippen LogP contribution >= 0.6 is 0 Å². The number of fused-ring (bicyclic) bond motifs is 2. The fraction of sp³-hybridized carbons (Fsp3) is 0.500. The molecule has 0 amide bonds. The zero-order valence-corrected chi connectivity index (χ0v) is 13.3. The van der Waals surface area contributed by atoms with Crippen LogP contribution in [0.1, 0.15) is 50.2 Å². The first-order valence-electron chi connectivity index (χ1n) is 8.57. The van der Waals surface area contributed by atoms with Crippen molar-refractivity contribution in [1.29, 1.82) is 0 Å². The molecule has 1 aromatic carbocycles. The van der Waals surface area contributed by atoms with E-state index in [-0.39, 0.29) is 10.8 Å². The van der Waals surface area contributed by atoms with Gasteiger partial charge in [0.2, 0.25) is 0 Å². The molecule has 23 heavy (non-hydrogen) atoms. The third-order valence-corrected chi connectivity index (χ3v) is 7.27. The van der Waals surface area contributed by atoms with Crippen LogP contribution in [-0.4, -0.2) is 5.11 Å². The Morgan fingerprint density at radius 3 is 2.83 bits per heavy atom. The number of allylic oxidation sites excluding steroid dienone is 3. The number of aromatic hydroxyl groups is 1. The molecule has 2 saturated carbocycles. The molecule has 3 heteroatoms. The minimum atomic E-state index is -1.43. The summed E-state index contributed by atoms with van der Waals surface area (Å²) in [5, 5.41) is 9.72. The lowest BCUT2D eigenvalue weighted by Crippen LogP contribution is -2.35. The largest absolute Gasteiger partial charge is 0.508 e. The predicted octanol–water partition coefficient (Wildman–Crippen LogP) is 5.45. The summed E-state index contributed by atoms with van der Waals surface area (Å²) in [5.41, 5.74) is 5.45. The monoisotopic (exact) mass is 314 g/mol. The Morgan fingerprint density at radius 2 is 2.04 bits per heavy atom. The van der Waals surface area contributed by atoms with Gasteiger partial charge in [-0.25, -0.2) is 0 Å². The maximum Gasteiger partial charge on any atom is 0.270 e. The molecular weight excluding hydrogens is 294 g/mol. The van der Waals surface area contributed by atoms with E-state index in [4.69, 9.17) is 0 Å². The van der Waals surface area contributed by atoms with Gasteiger partial charge in [-0.05, 0) is 73.3 Å². The van der Waals surface area contributed by atoms with Crippen molar-refractivity contribution in [3.8, 4) is 5.75 Å². The van der Waals surface area contributed by atoms with Crippen LogP contribution in [-0.2, 0) is 6.42 Å². The van der Waals surface area contributed by atoms with E-state index in [2.05, 4.69) is 6.92 Å². The fourth-order valence-electron chi connectivity index (χ4n) is 6.16. The highest BCUT2D eigenvalue weighted by Crippen LogP contribution is 2.82. The average molecular weight is 314 g/mol. The standard InChI is InChI=1S/C20H20F2O/c1-19-7-6-15-14-4-3-13(23)8-11(14)2-5-16(15)20(19)10-12(20)9-17(19)18(21)22/h3-4,8,12,23H,2,5-7,9-10H2,1H3/t12-,19-,20?/m1/s1. The lowest BCUT2D eigenvalue weighted by molar-refractivity contribution is 0.217. The minimum Gasteiger partial charge on any atom is -0.508 e. The maximum absolute atomic E-state index is 13.5. The van der Waals surface area contributed by atoms with Gasteiger partial charge < -0.3 is 5.11 Å². The van der Waals surface area contributed by atoms with Gasteiger partial charge in [-0.2, -0.15) is 8.78 Å². The Kier molecular flexibility index (Phi) is 2.43. The second-order valence-electron chi connectivity index (χ2n) is 7.95. The molecule has 120 valence electrons. The summed E-state index contributed by atoms with van der Waals surface area (Å²) < 4.78 is 27.0. The van der Waals surface area contributed by atoms with E-state index in [9.17, 15) is 13.9 Å². The van der Waals surface area contributed by atoms with Crippen molar-refractivity contribution in [1.82, 2.24) is 0 Å². The molecule has 0 aliphatic heterocycles. The highest BCUT2D eigenvalue weighted by Gasteiger charge is 2.73. The van der Waals surface area contributed by atoms with Crippen molar-refractivity contribution in [2.24, 2.45) is 16.7 Å². The van der Waals surface area contributed by atoms with Crippen molar-refractivity contribution >= 4 is 5.57 Å². The number of phenols is 1. The van der Waals surface area contributed by atoms with Gasteiger partial charge in [0.25, 0.3) is 6.08 Å². The molecule has 5 rings (SSSR count). The number of benzene rings is 1. The van der Waals surface area contributed by atoms with Crippen LogP contribution < -0.4 is 0 Å². The zero-order valence-electron chi connectivity index (χ0n) is 13.3. The SMILES string of the molecule is C[C@]12CCC3=C(CCc4cc(O)ccc43)C13C[C@H]3CC2=C(F)F. The zero-order chi connectivity index (χ0) is 16.0. The van der Waals surface area contributed by atoms with E-state index in [0.29, 0.717) is 23.7 Å². The molecule has 0 aromatic heterocycles. The fourth-order valence-corrected chi connectivity index (χ4v) is 6.16. The Hall–Kier alpha value is -1.64. The summed E-state index contributed by atoms with van der Waals surface area (Å²) in [7, 11) is 0. The third kappa shape index (κ3) is 1.47. The molecule has 4 aliphatic carbocycles. The van der Waals surface area contributed by atoms with Gasteiger partial charge in [-0.15, -0.1) is 0 Å². The molecule has 1 N–H and O–H groups in total. The van der Waals surface area contributed by atoms with Crippen molar-refractivity contribution in [2.75, 3.05) is 0 Å². The lowest BCUT2D eigenvalue weighted by Gasteiger charge is -2.45. The smallest absolute Gasteiger partial charge is 0.270 e. The number of aryl methyl sites for hydroxylation is 1. The van der Waals surface area contributed by atoms with Crippen LogP contribution in [0.2, 0.25) is 0 Å². The van der Waals surface area contributed by atoms with Crippen molar-refractivity contribution < 1.29 is 13.9 Å². The molecule has 1 aromatic rings. The van der Waals surface area contributed by atoms with Gasteiger partial charge in [0.05, 0.1) is 0 Å². The van der Waals surface area contributed by atoms with E-state index in [1.807, 2.05) is 12.1 Å². The maximum atomic E-state index is 13.5. The number of hydrogen-bond donors (Lipinski definition) is 1. The molecule has 1 spiro atoms. The Bertz CT molecular complexity index is 802. The molecule has 1 unspecified atom stereocenters. The summed E-state index contributed by atoms with van der Waals surface area (Å²) in [6.07, 6.45) is 3.86. The number of halogens is 2. The van der Waals surface area contributed by atoms with Crippen molar-refractivity contribution in [3.63, 3.8) is 0 Å². The first kappa shape index (κ1) is 13.8. The first-order chi connectivity index (χ1) is 11.0. The van der Waals surface area contributed by atoms with Crippen LogP contribution in [0.25, 0.3) is 5.57 Å². The summed E-state index contributed by atoms with van der Waals surface area (Å²) in [6, 6.07) is 5.65. The van der Waals surface area contributed by atoms with E-state index >= 15 is 0 Å². The van der Waals surface area contributed by atoms with Gasteiger partial charge in [-0.1, -0.05) is 18.6 Å². The molecule has 1 nitrogen and oxygen atoms in total.